The van der Waals surface area contributed by atoms with Crippen molar-refractivity contribution < 1.29 is 18.3 Å². The fourth-order valence-electron chi connectivity index (χ4n) is 0.478. The van der Waals surface area contributed by atoms with Crippen LogP contribution >= 0.6 is 0 Å². The number of halogens is 2. The van der Waals surface area contributed by atoms with E-state index in [4.69, 9.17) is 4.74 Å². The molecule has 2 nitrogen and oxygen atoms in total. The van der Waals surface area contributed by atoms with E-state index in [0.29, 0.717) is 19.6 Å². The molecule has 0 unspecified atom stereocenters. The maximum Gasteiger partial charge on any atom is 0.345 e. The Morgan fingerprint density at radius 2 is 2.00 bits per heavy atom. The second kappa shape index (κ2) is 6.89. The van der Waals surface area contributed by atoms with Gasteiger partial charge in [-0.2, -0.15) is 8.78 Å². The van der Waals surface area contributed by atoms with E-state index in [9.17, 15) is 8.78 Å². The van der Waals surface area contributed by atoms with E-state index >= 15 is 0 Å². The maximum absolute atomic E-state index is 11.3. The van der Waals surface area contributed by atoms with Crippen molar-refractivity contribution in [2.45, 2.75) is 20.0 Å². The van der Waals surface area contributed by atoms with Crippen LogP contribution in [0, 0.1) is 0 Å². The van der Waals surface area contributed by atoms with E-state index < -0.39 is 6.61 Å². The van der Waals surface area contributed by atoms with Gasteiger partial charge in [0.2, 0.25) is 0 Å². The van der Waals surface area contributed by atoms with Crippen molar-refractivity contribution in [3.8, 4) is 0 Å². The molecule has 0 aliphatic rings. The summed E-state index contributed by atoms with van der Waals surface area (Å²) in [5.41, 5.74) is 0. The van der Waals surface area contributed by atoms with Crippen molar-refractivity contribution in [2.75, 3.05) is 19.8 Å². The summed E-state index contributed by atoms with van der Waals surface area (Å²) in [4.78, 5) is 0. The van der Waals surface area contributed by atoms with Crippen LogP contribution in [0.3, 0.4) is 0 Å². The first-order chi connectivity index (χ1) is 4.77. The van der Waals surface area contributed by atoms with Gasteiger partial charge in [-0.25, -0.2) is 0 Å². The number of hydrogen-bond donors (Lipinski definition) is 0. The first kappa shape index (κ1) is 9.78. The van der Waals surface area contributed by atoms with Crippen molar-refractivity contribution in [3.63, 3.8) is 0 Å². The molecule has 0 aliphatic carbocycles. The zero-order valence-electron chi connectivity index (χ0n) is 5.98. The van der Waals surface area contributed by atoms with Gasteiger partial charge in [-0.15, -0.1) is 0 Å². The summed E-state index contributed by atoms with van der Waals surface area (Å²) in [6.45, 7) is 0.380. The summed E-state index contributed by atoms with van der Waals surface area (Å²) in [7, 11) is 0. The Balaban J connectivity index is 2.77. The predicted molar refractivity (Wildman–Crippen MR) is 33.1 cm³/mol. The highest BCUT2D eigenvalue weighted by atomic mass is 19.3. The lowest BCUT2D eigenvalue weighted by Gasteiger charge is -2.01. The van der Waals surface area contributed by atoms with Crippen molar-refractivity contribution in [3.05, 3.63) is 0 Å². The van der Waals surface area contributed by atoms with Crippen LogP contribution in [0.25, 0.3) is 0 Å². The van der Waals surface area contributed by atoms with Crippen LogP contribution in [-0.2, 0) is 9.47 Å². The molecule has 0 aromatic heterocycles. The Kier molecular flexibility index (Phi) is 6.74. The zero-order valence-corrected chi connectivity index (χ0v) is 5.98. The quantitative estimate of drug-likeness (QED) is 0.541. The Morgan fingerprint density at radius 1 is 1.30 bits per heavy atom. The standard InChI is InChI=1S/C6H12F2O2/c1-2-9-4-3-5-10-6(7)8/h6H,2-5H2,1H3. The van der Waals surface area contributed by atoms with Crippen molar-refractivity contribution in [1.29, 1.82) is 0 Å². The molecule has 0 heterocycles. The molecule has 0 atom stereocenters. The SMILES string of the molecule is CCOCCCOC(F)F. The van der Waals surface area contributed by atoms with Crippen LogP contribution in [0.15, 0.2) is 0 Å². The summed E-state index contributed by atoms with van der Waals surface area (Å²) in [6.07, 6.45) is 0.526. The van der Waals surface area contributed by atoms with E-state index in [0.717, 1.165) is 0 Å². The average Bonchev–Trinajstić information content (AvgIpc) is 1.87. The number of hydrogen-bond acceptors (Lipinski definition) is 2. The molecule has 62 valence electrons. The summed E-state index contributed by atoms with van der Waals surface area (Å²) in [5.74, 6) is 0. The fourth-order valence-corrected chi connectivity index (χ4v) is 0.478. The summed E-state index contributed by atoms with van der Waals surface area (Å²) in [5, 5.41) is 0. The van der Waals surface area contributed by atoms with E-state index in [1.54, 1.807) is 0 Å². The molecular formula is C6H12F2O2. The van der Waals surface area contributed by atoms with Gasteiger partial charge in [0.15, 0.2) is 0 Å². The molecule has 0 N–H and O–H groups in total. The smallest absolute Gasteiger partial charge is 0.345 e. The monoisotopic (exact) mass is 154 g/mol. The second-order valence-electron chi connectivity index (χ2n) is 1.68. The molecule has 0 saturated carbocycles. The maximum atomic E-state index is 11.3. The molecule has 0 aliphatic heterocycles. The third-order valence-electron chi connectivity index (χ3n) is 0.881. The molecular weight excluding hydrogens is 142 g/mol. The van der Waals surface area contributed by atoms with E-state index in [-0.39, 0.29) is 6.61 Å². The number of alkyl halides is 2. The van der Waals surface area contributed by atoms with E-state index in [2.05, 4.69) is 4.74 Å². The Hall–Kier alpha value is -0.220. The molecule has 0 saturated heterocycles. The van der Waals surface area contributed by atoms with Gasteiger partial charge >= 0.3 is 6.61 Å². The molecule has 0 aromatic rings. The van der Waals surface area contributed by atoms with E-state index in [1.807, 2.05) is 6.92 Å². The van der Waals surface area contributed by atoms with Gasteiger partial charge < -0.3 is 9.47 Å². The third-order valence-corrected chi connectivity index (χ3v) is 0.881. The Morgan fingerprint density at radius 3 is 2.50 bits per heavy atom. The topological polar surface area (TPSA) is 18.5 Å². The highest BCUT2D eigenvalue weighted by molar-refractivity contribution is 4.32. The summed E-state index contributed by atoms with van der Waals surface area (Å²) >= 11 is 0. The highest BCUT2D eigenvalue weighted by Crippen LogP contribution is 1.95. The third kappa shape index (κ3) is 7.78. The second-order valence-corrected chi connectivity index (χ2v) is 1.68. The first-order valence-electron chi connectivity index (χ1n) is 3.25. The molecule has 0 amide bonds. The number of ether oxygens (including phenoxy) is 2. The molecule has 0 spiro atoms. The Labute approximate surface area is 59.1 Å². The minimum atomic E-state index is -2.65. The predicted octanol–water partition coefficient (Wildman–Crippen LogP) is 1.65. The van der Waals surface area contributed by atoms with Crippen molar-refractivity contribution in [2.24, 2.45) is 0 Å². The minimum Gasteiger partial charge on any atom is -0.382 e. The lowest BCUT2D eigenvalue weighted by molar-refractivity contribution is -0.131. The summed E-state index contributed by atoms with van der Waals surface area (Å²) < 4.78 is 31.4. The molecule has 0 radical (unpaired) electrons. The van der Waals surface area contributed by atoms with Crippen LogP contribution in [-0.4, -0.2) is 26.4 Å². The highest BCUT2D eigenvalue weighted by Gasteiger charge is 1.99. The van der Waals surface area contributed by atoms with Crippen LogP contribution in [0.2, 0.25) is 0 Å². The van der Waals surface area contributed by atoms with Gasteiger partial charge in [0.1, 0.15) is 0 Å². The fraction of sp³-hybridized carbons (Fsp3) is 1.00. The van der Waals surface area contributed by atoms with Crippen molar-refractivity contribution >= 4 is 0 Å². The molecule has 10 heavy (non-hydrogen) atoms. The van der Waals surface area contributed by atoms with Gasteiger partial charge in [0.05, 0.1) is 6.61 Å². The van der Waals surface area contributed by atoms with Gasteiger partial charge in [-0.3, -0.25) is 0 Å². The van der Waals surface area contributed by atoms with Crippen LogP contribution in [0.4, 0.5) is 8.78 Å². The molecule has 4 heteroatoms. The molecule has 0 aromatic carbocycles. The zero-order chi connectivity index (χ0) is 7.82. The normalized spacial score (nSPS) is 10.8. The van der Waals surface area contributed by atoms with Crippen LogP contribution < -0.4 is 0 Å². The van der Waals surface area contributed by atoms with Crippen LogP contribution in [0.1, 0.15) is 13.3 Å². The van der Waals surface area contributed by atoms with Gasteiger partial charge in [0, 0.05) is 13.2 Å². The van der Waals surface area contributed by atoms with Gasteiger partial charge in [-0.05, 0) is 13.3 Å². The average molecular weight is 154 g/mol. The first-order valence-corrected chi connectivity index (χ1v) is 3.25. The largest absolute Gasteiger partial charge is 0.382 e. The van der Waals surface area contributed by atoms with Gasteiger partial charge in [-0.1, -0.05) is 0 Å². The molecule has 0 fully saturated rings. The molecule has 0 bridgehead atoms. The minimum absolute atomic E-state index is 0.0671. The van der Waals surface area contributed by atoms with Gasteiger partial charge in [0.25, 0.3) is 0 Å². The summed E-state index contributed by atoms with van der Waals surface area (Å²) in [6, 6.07) is 0. The number of rotatable bonds is 6. The van der Waals surface area contributed by atoms with Crippen LogP contribution in [0.5, 0.6) is 0 Å². The lowest BCUT2D eigenvalue weighted by atomic mass is 10.5. The Bertz CT molecular complexity index is 68.8. The van der Waals surface area contributed by atoms with E-state index in [1.165, 1.54) is 0 Å². The van der Waals surface area contributed by atoms with Crippen molar-refractivity contribution in [1.82, 2.24) is 0 Å². The lowest BCUT2D eigenvalue weighted by Crippen LogP contribution is -2.04. The molecule has 0 rings (SSSR count).